The number of nitrogens with zero attached hydrogens (tertiary/aromatic N) is 1. The molecule has 1 aromatic rings. The fourth-order valence-corrected chi connectivity index (χ4v) is 2.45. The van der Waals surface area contributed by atoms with Gasteiger partial charge < -0.3 is 14.9 Å². The van der Waals surface area contributed by atoms with Crippen molar-refractivity contribution in [3.05, 3.63) is 23.3 Å². The highest BCUT2D eigenvalue weighted by atomic mass is 16.5. The summed E-state index contributed by atoms with van der Waals surface area (Å²) in [4.78, 5) is 10.9. The lowest BCUT2D eigenvalue weighted by Crippen LogP contribution is -2.03. The fraction of sp³-hybridized carbons (Fsp3) is 0.417. The van der Waals surface area contributed by atoms with E-state index in [1.807, 2.05) is 12.2 Å². The largest absolute Gasteiger partial charge is 0.494 e. The Kier molecular flexibility index (Phi) is 2.06. The van der Waals surface area contributed by atoms with Crippen molar-refractivity contribution in [2.24, 2.45) is 0 Å². The summed E-state index contributed by atoms with van der Waals surface area (Å²) >= 11 is 0. The third kappa shape index (κ3) is 1.32. The molecule has 0 aromatic carbocycles. The summed E-state index contributed by atoms with van der Waals surface area (Å²) in [7, 11) is 0. The normalized spacial score (nSPS) is 24.3. The van der Waals surface area contributed by atoms with E-state index in [1.54, 1.807) is 0 Å². The van der Waals surface area contributed by atoms with Crippen molar-refractivity contribution in [2.45, 2.75) is 32.1 Å². The van der Waals surface area contributed by atoms with Crippen molar-refractivity contribution in [3.8, 4) is 11.8 Å². The molecular weight excluding hydrogens is 222 g/mol. The Labute approximate surface area is 97.9 Å². The first kappa shape index (κ1) is 10.4. The Morgan fingerprint density at radius 1 is 1.29 bits per heavy atom. The standard InChI is InChI=1S/C12H13NO4/c1-6(14)4-5-13-11(15)9-7-2-3-8(17-7)10(9)12(13)16/h2-3,7-8,15-16H,4-5H2,1H3. The van der Waals surface area contributed by atoms with E-state index in [-0.39, 0.29) is 36.2 Å². The number of carbonyl (C=O) groups is 1. The zero-order valence-electron chi connectivity index (χ0n) is 9.38. The minimum absolute atomic E-state index is 0.00981. The summed E-state index contributed by atoms with van der Waals surface area (Å²) in [6.07, 6.45) is 3.49. The Bertz CT molecular complexity index is 494. The first-order valence-electron chi connectivity index (χ1n) is 5.57. The second kappa shape index (κ2) is 3.37. The van der Waals surface area contributed by atoms with E-state index in [4.69, 9.17) is 4.74 Å². The fourth-order valence-electron chi connectivity index (χ4n) is 2.45. The van der Waals surface area contributed by atoms with Crippen LogP contribution in [0.4, 0.5) is 0 Å². The van der Waals surface area contributed by atoms with Crippen LogP contribution in [0.2, 0.25) is 0 Å². The average Bonchev–Trinajstić information content (AvgIpc) is 2.92. The molecule has 2 atom stereocenters. The van der Waals surface area contributed by atoms with Gasteiger partial charge in [0.15, 0.2) is 0 Å². The number of ether oxygens (including phenoxy) is 1. The van der Waals surface area contributed by atoms with Crippen molar-refractivity contribution in [1.82, 2.24) is 4.57 Å². The Hall–Kier alpha value is -1.75. The molecule has 0 aliphatic carbocycles. The van der Waals surface area contributed by atoms with Crippen LogP contribution in [0.15, 0.2) is 12.2 Å². The number of hydrogen-bond acceptors (Lipinski definition) is 4. The molecule has 2 aliphatic heterocycles. The zero-order valence-corrected chi connectivity index (χ0v) is 9.38. The Balaban J connectivity index is 2.00. The third-order valence-corrected chi connectivity index (χ3v) is 3.29. The summed E-state index contributed by atoms with van der Waals surface area (Å²) in [5.41, 5.74) is 1.28. The average molecular weight is 235 g/mol. The zero-order chi connectivity index (χ0) is 12.2. The van der Waals surface area contributed by atoms with Gasteiger partial charge in [0, 0.05) is 13.0 Å². The van der Waals surface area contributed by atoms with Crippen LogP contribution in [-0.4, -0.2) is 20.6 Å². The van der Waals surface area contributed by atoms with Crippen LogP contribution >= 0.6 is 0 Å². The highest BCUT2D eigenvalue weighted by molar-refractivity contribution is 5.75. The molecule has 0 spiro atoms. The van der Waals surface area contributed by atoms with E-state index in [1.165, 1.54) is 11.5 Å². The number of Topliss-reactive ketones (excluding diaryl/α,β-unsaturated/α-hetero) is 1. The van der Waals surface area contributed by atoms with E-state index in [0.717, 1.165) is 0 Å². The second-order valence-corrected chi connectivity index (χ2v) is 4.44. The van der Waals surface area contributed by atoms with E-state index >= 15 is 0 Å². The SMILES string of the molecule is CC(=O)CCn1c(O)c2c(c1O)C1C=CC2O1. The van der Waals surface area contributed by atoms with Gasteiger partial charge in [-0.3, -0.25) is 9.36 Å². The van der Waals surface area contributed by atoms with Crippen molar-refractivity contribution < 1.29 is 19.7 Å². The maximum Gasteiger partial charge on any atom is 0.200 e. The van der Waals surface area contributed by atoms with Gasteiger partial charge in [0.2, 0.25) is 11.8 Å². The molecule has 2 bridgehead atoms. The number of rotatable bonds is 3. The van der Waals surface area contributed by atoms with Gasteiger partial charge >= 0.3 is 0 Å². The Morgan fingerprint density at radius 3 is 2.29 bits per heavy atom. The summed E-state index contributed by atoms with van der Waals surface area (Å²) in [6.45, 7) is 1.78. The van der Waals surface area contributed by atoms with Gasteiger partial charge in [0.25, 0.3) is 0 Å². The molecule has 2 aliphatic rings. The van der Waals surface area contributed by atoms with E-state index in [9.17, 15) is 15.0 Å². The van der Waals surface area contributed by atoms with E-state index in [0.29, 0.717) is 17.7 Å². The molecule has 90 valence electrons. The lowest BCUT2D eigenvalue weighted by molar-refractivity contribution is -0.117. The minimum Gasteiger partial charge on any atom is -0.494 e. The molecule has 5 nitrogen and oxygen atoms in total. The maximum absolute atomic E-state index is 10.9. The monoisotopic (exact) mass is 235 g/mol. The van der Waals surface area contributed by atoms with Crippen molar-refractivity contribution in [3.63, 3.8) is 0 Å². The lowest BCUT2D eigenvalue weighted by atomic mass is 10.0. The summed E-state index contributed by atoms with van der Waals surface area (Å²) in [5.74, 6) is 0.0428. The molecule has 0 fully saturated rings. The lowest BCUT2D eigenvalue weighted by Gasteiger charge is -2.09. The number of aromatic hydroxyl groups is 2. The van der Waals surface area contributed by atoms with E-state index in [2.05, 4.69) is 0 Å². The number of carbonyl (C=O) groups excluding carboxylic acids is 1. The van der Waals surface area contributed by atoms with E-state index < -0.39 is 0 Å². The molecular formula is C12H13NO4. The van der Waals surface area contributed by atoms with Gasteiger partial charge in [0.05, 0.1) is 11.1 Å². The quantitative estimate of drug-likeness (QED) is 0.780. The van der Waals surface area contributed by atoms with Gasteiger partial charge in [-0.25, -0.2) is 0 Å². The molecule has 2 N–H and O–H groups in total. The number of fused-ring (bicyclic) bond motifs is 5. The van der Waals surface area contributed by atoms with Crippen LogP contribution in [0.5, 0.6) is 11.8 Å². The number of ketones is 1. The number of hydrogen-bond donors (Lipinski definition) is 2. The molecule has 3 rings (SSSR count). The molecule has 17 heavy (non-hydrogen) atoms. The first-order chi connectivity index (χ1) is 8.09. The molecule has 5 heteroatoms. The molecule has 0 radical (unpaired) electrons. The molecule has 0 saturated carbocycles. The van der Waals surface area contributed by atoms with Crippen molar-refractivity contribution >= 4 is 5.78 Å². The minimum atomic E-state index is -0.264. The van der Waals surface area contributed by atoms with Crippen LogP contribution in [0.25, 0.3) is 0 Å². The van der Waals surface area contributed by atoms with Crippen LogP contribution in [-0.2, 0) is 16.1 Å². The third-order valence-electron chi connectivity index (χ3n) is 3.29. The Morgan fingerprint density at radius 2 is 1.82 bits per heavy atom. The van der Waals surface area contributed by atoms with Gasteiger partial charge in [-0.2, -0.15) is 0 Å². The maximum atomic E-state index is 10.9. The molecule has 2 unspecified atom stereocenters. The molecule has 0 amide bonds. The van der Waals surface area contributed by atoms with Crippen molar-refractivity contribution in [1.29, 1.82) is 0 Å². The summed E-state index contributed by atoms with van der Waals surface area (Å²) in [6, 6.07) is 0. The summed E-state index contributed by atoms with van der Waals surface area (Å²) in [5, 5.41) is 20.1. The number of aromatic nitrogens is 1. The second-order valence-electron chi connectivity index (χ2n) is 4.44. The first-order valence-corrected chi connectivity index (χ1v) is 5.57. The van der Waals surface area contributed by atoms with Crippen LogP contribution in [0.3, 0.4) is 0 Å². The predicted octanol–water partition coefficient (Wildman–Crippen LogP) is 1.56. The molecule has 1 aromatic heterocycles. The van der Waals surface area contributed by atoms with Crippen LogP contribution < -0.4 is 0 Å². The summed E-state index contributed by atoms with van der Waals surface area (Å²) < 4.78 is 6.89. The highest BCUT2D eigenvalue weighted by Crippen LogP contribution is 2.54. The van der Waals surface area contributed by atoms with Gasteiger partial charge in [-0.1, -0.05) is 12.2 Å². The van der Waals surface area contributed by atoms with Gasteiger partial charge in [0.1, 0.15) is 18.0 Å². The van der Waals surface area contributed by atoms with Gasteiger partial charge in [-0.15, -0.1) is 0 Å². The topological polar surface area (TPSA) is 71.7 Å². The van der Waals surface area contributed by atoms with Crippen molar-refractivity contribution in [2.75, 3.05) is 0 Å². The van der Waals surface area contributed by atoms with Gasteiger partial charge in [-0.05, 0) is 6.92 Å². The molecule has 3 heterocycles. The predicted molar refractivity (Wildman–Crippen MR) is 58.8 cm³/mol. The van der Waals surface area contributed by atoms with Crippen LogP contribution in [0, 0.1) is 0 Å². The smallest absolute Gasteiger partial charge is 0.200 e. The highest BCUT2D eigenvalue weighted by Gasteiger charge is 2.42. The van der Waals surface area contributed by atoms with Crippen LogP contribution in [0.1, 0.15) is 36.7 Å². The molecule has 0 saturated heterocycles.